The summed E-state index contributed by atoms with van der Waals surface area (Å²) in [5.74, 6) is 3.81. The molecule has 1 atom stereocenters. The molecule has 4 bridgehead atoms. The Labute approximate surface area is 103 Å². The molecule has 1 unspecified atom stereocenters. The van der Waals surface area contributed by atoms with Gasteiger partial charge >= 0.3 is 5.97 Å². The molecule has 4 aliphatic rings. The second kappa shape index (κ2) is 4.27. The fraction of sp³-hybridized carbons (Fsp3) is 0.929. The van der Waals surface area contributed by atoms with Crippen LogP contribution in [0.3, 0.4) is 0 Å². The van der Waals surface area contributed by atoms with E-state index in [9.17, 15) is 4.79 Å². The minimum atomic E-state index is -0.728. The first-order chi connectivity index (χ1) is 8.13. The van der Waals surface area contributed by atoms with Crippen molar-refractivity contribution in [1.82, 2.24) is 5.32 Å². The SMILES string of the molecule is CC(NCC1C2CC3CC(C2)CC1C3)C(=O)O. The molecule has 0 spiro atoms. The Balaban J connectivity index is 1.59. The van der Waals surface area contributed by atoms with Crippen LogP contribution in [0.2, 0.25) is 0 Å². The molecular weight excluding hydrogens is 214 g/mol. The van der Waals surface area contributed by atoms with E-state index in [0.29, 0.717) is 0 Å². The summed E-state index contributed by atoms with van der Waals surface area (Å²) in [6, 6.07) is -0.396. The van der Waals surface area contributed by atoms with E-state index in [4.69, 9.17) is 5.11 Å². The van der Waals surface area contributed by atoms with Crippen molar-refractivity contribution in [1.29, 1.82) is 0 Å². The lowest BCUT2D eigenvalue weighted by molar-refractivity contribution is -0.139. The summed E-state index contributed by atoms with van der Waals surface area (Å²) in [5.41, 5.74) is 0. The minimum absolute atomic E-state index is 0.396. The van der Waals surface area contributed by atoms with Crippen molar-refractivity contribution in [3.8, 4) is 0 Å². The van der Waals surface area contributed by atoms with E-state index in [2.05, 4.69) is 5.32 Å². The standard InChI is InChI=1S/C14H23NO2/c1-8(14(16)17)15-7-13-11-3-9-2-10(5-11)6-12(13)4-9/h8-13,15H,2-7H2,1H3,(H,16,17). The summed E-state index contributed by atoms with van der Waals surface area (Å²) >= 11 is 0. The lowest BCUT2D eigenvalue weighted by Gasteiger charge is -2.54. The highest BCUT2D eigenvalue weighted by Gasteiger charge is 2.47. The fourth-order valence-corrected chi connectivity index (χ4v) is 4.77. The Morgan fingerprint density at radius 3 is 2.18 bits per heavy atom. The van der Waals surface area contributed by atoms with Crippen molar-refractivity contribution in [3.05, 3.63) is 0 Å². The lowest BCUT2D eigenvalue weighted by atomic mass is 9.52. The molecular formula is C14H23NO2. The van der Waals surface area contributed by atoms with Gasteiger partial charge in [0.05, 0.1) is 0 Å². The van der Waals surface area contributed by atoms with Crippen LogP contribution in [0.15, 0.2) is 0 Å². The van der Waals surface area contributed by atoms with Gasteiger partial charge in [-0.05, 0) is 75.2 Å². The molecule has 0 aromatic heterocycles. The molecule has 0 aromatic rings. The van der Waals surface area contributed by atoms with Crippen LogP contribution < -0.4 is 5.32 Å². The van der Waals surface area contributed by atoms with Crippen LogP contribution >= 0.6 is 0 Å². The van der Waals surface area contributed by atoms with Gasteiger partial charge in [0.1, 0.15) is 6.04 Å². The Bertz CT molecular complexity index is 287. The minimum Gasteiger partial charge on any atom is -0.480 e. The summed E-state index contributed by atoms with van der Waals surface area (Å²) in [6.07, 6.45) is 7.15. The van der Waals surface area contributed by atoms with E-state index in [1.54, 1.807) is 6.92 Å². The van der Waals surface area contributed by atoms with Gasteiger partial charge in [-0.3, -0.25) is 4.79 Å². The third kappa shape index (κ3) is 2.10. The lowest BCUT2D eigenvalue weighted by Crippen LogP contribution is -2.50. The van der Waals surface area contributed by atoms with Gasteiger partial charge in [-0.1, -0.05) is 0 Å². The van der Waals surface area contributed by atoms with Crippen molar-refractivity contribution < 1.29 is 9.90 Å². The molecule has 3 heteroatoms. The fourth-order valence-electron chi connectivity index (χ4n) is 4.77. The number of carbonyl (C=O) groups is 1. The van der Waals surface area contributed by atoms with Crippen LogP contribution in [0, 0.1) is 29.6 Å². The van der Waals surface area contributed by atoms with E-state index in [1.165, 1.54) is 32.1 Å². The van der Waals surface area contributed by atoms with Crippen LogP contribution in [-0.4, -0.2) is 23.7 Å². The Morgan fingerprint density at radius 1 is 1.18 bits per heavy atom. The summed E-state index contributed by atoms with van der Waals surface area (Å²) in [5, 5.41) is 12.1. The van der Waals surface area contributed by atoms with Gasteiger partial charge < -0.3 is 10.4 Å². The predicted octanol–water partition coefficient (Wildman–Crippen LogP) is 2.12. The number of hydrogen-bond donors (Lipinski definition) is 2. The van der Waals surface area contributed by atoms with Crippen molar-refractivity contribution in [3.63, 3.8) is 0 Å². The molecule has 0 aliphatic heterocycles. The van der Waals surface area contributed by atoms with Crippen LogP contribution in [0.1, 0.15) is 39.0 Å². The quantitative estimate of drug-likeness (QED) is 0.787. The van der Waals surface area contributed by atoms with E-state index < -0.39 is 12.0 Å². The van der Waals surface area contributed by atoms with E-state index in [-0.39, 0.29) is 0 Å². The van der Waals surface area contributed by atoms with E-state index in [0.717, 1.165) is 36.1 Å². The number of aliphatic carboxylic acids is 1. The summed E-state index contributed by atoms with van der Waals surface area (Å²) < 4.78 is 0. The summed E-state index contributed by atoms with van der Waals surface area (Å²) in [4.78, 5) is 10.8. The molecule has 0 radical (unpaired) electrons. The van der Waals surface area contributed by atoms with Gasteiger partial charge in [0.25, 0.3) is 0 Å². The first kappa shape index (κ1) is 11.5. The highest BCUT2D eigenvalue weighted by atomic mass is 16.4. The van der Waals surface area contributed by atoms with Crippen LogP contribution in [0.5, 0.6) is 0 Å². The van der Waals surface area contributed by atoms with Gasteiger partial charge in [-0.2, -0.15) is 0 Å². The first-order valence-corrected chi connectivity index (χ1v) is 7.09. The molecule has 0 amide bonds. The number of rotatable bonds is 4. The topological polar surface area (TPSA) is 49.3 Å². The van der Waals surface area contributed by atoms with E-state index in [1.807, 2.05) is 0 Å². The van der Waals surface area contributed by atoms with E-state index >= 15 is 0 Å². The number of nitrogens with one attached hydrogen (secondary N) is 1. The second-order valence-corrected chi connectivity index (χ2v) is 6.56. The maximum Gasteiger partial charge on any atom is 0.320 e. The van der Waals surface area contributed by atoms with Crippen LogP contribution in [0.25, 0.3) is 0 Å². The molecule has 4 saturated carbocycles. The number of carboxylic acid groups (broad SMARTS) is 1. The van der Waals surface area contributed by atoms with Gasteiger partial charge in [0.2, 0.25) is 0 Å². The molecule has 0 heterocycles. The number of hydrogen-bond acceptors (Lipinski definition) is 2. The highest BCUT2D eigenvalue weighted by molar-refractivity contribution is 5.72. The molecule has 3 nitrogen and oxygen atoms in total. The first-order valence-electron chi connectivity index (χ1n) is 7.09. The highest BCUT2D eigenvalue weighted by Crippen LogP contribution is 2.56. The zero-order valence-corrected chi connectivity index (χ0v) is 10.6. The van der Waals surface area contributed by atoms with Crippen molar-refractivity contribution >= 4 is 5.97 Å². The largest absolute Gasteiger partial charge is 0.480 e. The second-order valence-electron chi connectivity index (χ2n) is 6.56. The average molecular weight is 237 g/mol. The predicted molar refractivity (Wildman–Crippen MR) is 65.6 cm³/mol. The molecule has 2 N–H and O–H groups in total. The number of carboxylic acids is 1. The molecule has 0 saturated heterocycles. The maximum absolute atomic E-state index is 10.8. The molecule has 96 valence electrons. The molecule has 4 rings (SSSR count). The average Bonchev–Trinajstić information content (AvgIpc) is 2.26. The third-order valence-electron chi connectivity index (χ3n) is 5.45. The zero-order chi connectivity index (χ0) is 12.0. The van der Waals surface area contributed by atoms with Crippen LogP contribution in [-0.2, 0) is 4.79 Å². The molecule has 0 aromatic carbocycles. The van der Waals surface area contributed by atoms with Crippen molar-refractivity contribution in [2.75, 3.05) is 6.54 Å². The smallest absolute Gasteiger partial charge is 0.320 e. The molecule has 17 heavy (non-hydrogen) atoms. The van der Waals surface area contributed by atoms with Gasteiger partial charge in [-0.15, -0.1) is 0 Å². The molecule has 4 aliphatic carbocycles. The van der Waals surface area contributed by atoms with Crippen molar-refractivity contribution in [2.45, 2.75) is 45.1 Å². The zero-order valence-electron chi connectivity index (χ0n) is 10.6. The summed E-state index contributed by atoms with van der Waals surface area (Å²) in [7, 11) is 0. The molecule has 4 fully saturated rings. The van der Waals surface area contributed by atoms with Gasteiger partial charge in [-0.25, -0.2) is 0 Å². The van der Waals surface area contributed by atoms with Crippen LogP contribution in [0.4, 0.5) is 0 Å². The Kier molecular flexibility index (Phi) is 2.89. The monoisotopic (exact) mass is 237 g/mol. The Hall–Kier alpha value is -0.570. The maximum atomic E-state index is 10.8. The third-order valence-corrected chi connectivity index (χ3v) is 5.45. The summed E-state index contributed by atoms with van der Waals surface area (Å²) in [6.45, 7) is 2.67. The van der Waals surface area contributed by atoms with Gasteiger partial charge in [0.15, 0.2) is 0 Å². The normalized spacial score (nSPS) is 44.9. The van der Waals surface area contributed by atoms with Crippen molar-refractivity contribution in [2.24, 2.45) is 29.6 Å². The van der Waals surface area contributed by atoms with Gasteiger partial charge in [0, 0.05) is 0 Å². The Morgan fingerprint density at radius 2 is 1.71 bits per heavy atom.